The number of methoxy groups -OCH3 is 1. The second-order valence-corrected chi connectivity index (χ2v) is 6.53. The van der Waals surface area contributed by atoms with Crippen molar-refractivity contribution in [2.45, 2.75) is 84.0 Å². The van der Waals surface area contributed by atoms with Gasteiger partial charge in [-0.25, -0.2) is 0 Å². The first-order valence-electron chi connectivity index (χ1n) is 9.39. The SMILES string of the molecule is CCCCCCCOC.CCCc1ccc(C2CCC2)cc1. The molecule has 1 saturated carbocycles. The third-order valence-electron chi connectivity index (χ3n) is 4.55. The first-order chi connectivity index (χ1) is 10.8. The Bertz CT molecular complexity index is 345. The van der Waals surface area contributed by atoms with E-state index in [1.165, 1.54) is 69.8 Å². The van der Waals surface area contributed by atoms with Crippen LogP contribution in [-0.2, 0) is 11.2 Å². The van der Waals surface area contributed by atoms with Crippen LogP contribution in [0.4, 0.5) is 0 Å². The lowest BCUT2D eigenvalue weighted by Crippen LogP contribution is -2.08. The zero-order chi connectivity index (χ0) is 16.0. The van der Waals surface area contributed by atoms with E-state index in [4.69, 9.17) is 4.74 Å². The van der Waals surface area contributed by atoms with Gasteiger partial charge in [0.25, 0.3) is 0 Å². The first kappa shape index (κ1) is 19.2. The largest absolute Gasteiger partial charge is 0.385 e. The Balaban J connectivity index is 0.000000239. The minimum Gasteiger partial charge on any atom is -0.385 e. The predicted molar refractivity (Wildman–Crippen MR) is 97.7 cm³/mol. The van der Waals surface area contributed by atoms with Gasteiger partial charge in [0.1, 0.15) is 0 Å². The summed E-state index contributed by atoms with van der Waals surface area (Å²) in [5.74, 6) is 0.885. The molecule has 1 aliphatic rings. The van der Waals surface area contributed by atoms with E-state index in [2.05, 4.69) is 38.1 Å². The smallest absolute Gasteiger partial charge is 0.0462 e. The molecule has 0 aromatic heterocycles. The van der Waals surface area contributed by atoms with Gasteiger partial charge in [0.05, 0.1) is 0 Å². The average molecular weight is 305 g/mol. The molecule has 0 bridgehead atoms. The molecule has 0 saturated heterocycles. The molecule has 0 N–H and O–H groups in total. The molecular weight excluding hydrogens is 268 g/mol. The molecule has 1 nitrogen and oxygen atoms in total. The van der Waals surface area contributed by atoms with Crippen LogP contribution in [0.15, 0.2) is 24.3 Å². The van der Waals surface area contributed by atoms with E-state index in [1.54, 1.807) is 12.7 Å². The third-order valence-corrected chi connectivity index (χ3v) is 4.55. The summed E-state index contributed by atoms with van der Waals surface area (Å²) in [7, 11) is 1.76. The molecular formula is C21H36O. The molecule has 1 fully saturated rings. The summed E-state index contributed by atoms with van der Waals surface area (Å²) in [5, 5.41) is 0. The van der Waals surface area contributed by atoms with Crippen molar-refractivity contribution >= 4 is 0 Å². The van der Waals surface area contributed by atoms with Crippen LogP contribution in [0, 0.1) is 0 Å². The minimum absolute atomic E-state index is 0.885. The third kappa shape index (κ3) is 7.98. The molecule has 0 spiro atoms. The van der Waals surface area contributed by atoms with Crippen molar-refractivity contribution in [1.82, 2.24) is 0 Å². The number of hydrogen-bond donors (Lipinski definition) is 0. The van der Waals surface area contributed by atoms with E-state index in [0.29, 0.717) is 0 Å². The first-order valence-corrected chi connectivity index (χ1v) is 9.39. The van der Waals surface area contributed by atoms with Crippen molar-refractivity contribution in [3.8, 4) is 0 Å². The summed E-state index contributed by atoms with van der Waals surface area (Å²) >= 11 is 0. The Morgan fingerprint density at radius 2 is 1.59 bits per heavy atom. The minimum atomic E-state index is 0.885. The van der Waals surface area contributed by atoms with Gasteiger partial charge in [-0.2, -0.15) is 0 Å². The van der Waals surface area contributed by atoms with Gasteiger partial charge in [-0.3, -0.25) is 0 Å². The van der Waals surface area contributed by atoms with Crippen LogP contribution in [0.3, 0.4) is 0 Å². The molecule has 2 rings (SSSR count). The summed E-state index contributed by atoms with van der Waals surface area (Å²) < 4.78 is 4.92. The quantitative estimate of drug-likeness (QED) is 0.472. The topological polar surface area (TPSA) is 9.23 Å². The van der Waals surface area contributed by atoms with Gasteiger partial charge >= 0.3 is 0 Å². The molecule has 1 aromatic carbocycles. The fraction of sp³-hybridized carbons (Fsp3) is 0.714. The number of aryl methyl sites for hydroxylation is 1. The van der Waals surface area contributed by atoms with Gasteiger partial charge < -0.3 is 4.74 Å². The number of unbranched alkanes of at least 4 members (excludes halogenated alkanes) is 4. The maximum Gasteiger partial charge on any atom is 0.0462 e. The van der Waals surface area contributed by atoms with Crippen LogP contribution in [0.2, 0.25) is 0 Å². The fourth-order valence-electron chi connectivity index (χ4n) is 2.84. The maximum absolute atomic E-state index is 4.92. The van der Waals surface area contributed by atoms with Crippen molar-refractivity contribution in [2.24, 2.45) is 0 Å². The van der Waals surface area contributed by atoms with E-state index >= 15 is 0 Å². The summed E-state index contributed by atoms with van der Waals surface area (Å²) in [6.45, 7) is 5.40. The van der Waals surface area contributed by atoms with Crippen molar-refractivity contribution < 1.29 is 4.74 Å². The van der Waals surface area contributed by atoms with E-state index in [9.17, 15) is 0 Å². The zero-order valence-corrected chi connectivity index (χ0v) is 15.1. The molecule has 0 aliphatic heterocycles. The highest BCUT2D eigenvalue weighted by atomic mass is 16.5. The summed E-state index contributed by atoms with van der Waals surface area (Å²) in [4.78, 5) is 0. The molecule has 0 heterocycles. The Labute approximate surface area is 138 Å². The van der Waals surface area contributed by atoms with Crippen molar-refractivity contribution in [1.29, 1.82) is 0 Å². The molecule has 0 unspecified atom stereocenters. The highest BCUT2D eigenvalue weighted by Crippen LogP contribution is 2.36. The standard InChI is InChI=1S/C13H18.C8H18O/c1-2-4-11-7-9-13(10-8-11)12-5-3-6-12;1-3-4-5-6-7-8-9-2/h7-10,12H,2-6H2,1H3;3-8H2,1-2H3. The summed E-state index contributed by atoms with van der Waals surface area (Å²) in [6.07, 6.45) is 13.4. The Morgan fingerprint density at radius 3 is 2.09 bits per heavy atom. The normalized spacial score (nSPS) is 14.1. The van der Waals surface area contributed by atoms with Gasteiger partial charge in [0, 0.05) is 13.7 Å². The van der Waals surface area contributed by atoms with Crippen LogP contribution >= 0.6 is 0 Å². The molecule has 1 aliphatic carbocycles. The number of ether oxygens (including phenoxy) is 1. The molecule has 1 heteroatoms. The van der Waals surface area contributed by atoms with Crippen LogP contribution in [-0.4, -0.2) is 13.7 Å². The van der Waals surface area contributed by atoms with E-state index < -0.39 is 0 Å². The molecule has 0 atom stereocenters. The lowest BCUT2D eigenvalue weighted by atomic mass is 9.80. The van der Waals surface area contributed by atoms with Crippen molar-refractivity contribution in [2.75, 3.05) is 13.7 Å². The Morgan fingerprint density at radius 1 is 0.909 bits per heavy atom. The van der Waals surface area contributed by atoms with Crippen LogP contribution in [0.25, 0.3) is 0 Å². The molecule has 0 amide bonds. The molecule has 0 radical (unpaired) electrons. The van der Waals surface area contributed by atoms with Gasteiger partial charge in [0.2, 0.25) is 0 Å². The lowest BCUT2D eigenvalue weighted by Gasteiger charge is -2.25. The zero-order valence-electron chi connectivity index (χ0n) is 15.1. The second kappa shape index (κ2) is 12.7. The van der Waals surface area contributed by atoms with Crippen molar-refractivity contribution in [3.05, 3.63) is 35.4 Å². The van der Waals surface area contributed by atoms with Gasteiger partial charge in [-0.1, -0.05) is 76.6 Å². The van der Waals surface area contributed by atoms with E-state index in [0.717, 1.165) is 12.5 Å². The number of benzene rings is 1. The second-order valence-electron chi connectivity index (χ2n) is 6.53. The number of hydrogen-bond acceptors (Lipinski definition) is 1. The predicted octanol–water partition coefficient (Wildman–Crippen LogP) is 6.51. The van der Waals surface area contributed by atoms with Gasteiger partial charge in [-0.05, 0) is 42.7 Å². The van der Waals surface area contributed by atoms with Crippen molar-refractivity contribution in [3.63, 3.8) is 0 Å². The van der Waals surface area contributed by atoms with Crippen LogP contribution in [0.5, 0.6) is 0 Å². The highest BCUT2D eigenvalue weighted by molar-refractivity contribution is 5.26. The lowest BCUT2D eigenvalue weighted by molar-refractivity contribution is 0.192. The monoisotopic (exact) mass is 304 g/mol. The summed E-state index contributed by atoms with van der Waals surface area (Å²) in [6, 6.07) is 9.26. The van der Waals surface area contributed by atoms with Crippen LogP contribution < -0.4 is 0 Å². The van der Waals surface area contributed by atoms with Crippen LogP contribution in [0.1, 0.15) is 88.7 Å². The highest BCUT2D eigenvalue weighted by Gasteiger charge is 2.18. The van der Waals surface area contributed by atoms with E-state index in [-0.39, 0.29) is 0 Å². The van der Waals surface area contributed by atoms with Gasteiger partial charge in [-0.15, -0.1) is 0 Å². The molecule has 1 aromatic rings. The molecule has 126 valence electrons. The van der Waals surface area contributed by atoms with Gasteiger partial charge in [0.15, 0.2) is 0 Å². The van der Waals surface area contributed by atoms with E-state index in [1.807, 2.05) is 0 Å². The average Bonchev–Trinajstić information content (AvgIpc) is 2.48. The summed E-state index contributed by atoms with van der Waals surface area (Å²) in [5.41, 5.74) is 3.05. The molecule has 22 heavy (non-hydrogen) atoms. The Hall–Kier alpha value is -0.820. The maximum atomic E-state index is 4.92. The fourth-order valence-corrected chi connectivity index (χ4v) is 2.84. The Kier molecular flexibility index (Phi) is 11.1. The number of rotatable bonds is 9.